The Morgan fingerprint density at radius 1 is 1.29 bits per heavy atom. The Kier molecular flexibility index (Phi) is 7.67. The zero-order valence-electron chi connectivity index (χ0n) is 17.3. The molecule has 2 saturated heterocycles. The monoisotopic (exact) mass is 391 g/mol. The molecule has 0 unspecified atom stereocenters. The van der Waals surface area contributed by atoms with Gasteiger partial charge in [-0.1, -0.05) is 11.6 Å². The van der Waals surface area contributed by atoms with E-state index in [1.54, 1.807) is 6.07 Å². The van der Waals surface area contributed by atoms with Crippen molar-refractivity contribution in [3.63, 3.8) is 0 Å². The van der Waals surface area contributed by atoms with Crippen LogP contribution in [0.15, 0.2) is 28.2 Å². The van der Waals surface area contributed by atoms with Crippen LogP contribution >= 0.6 is 0 Å². The number of hydrogen-bond acceptors (Lipinski definition) is 6. The van der Waals surface area contributed by atoms with E-state index in [1.165, 1.54) is 5.57 Å². The van der Waals surface area contributed by atoms with Crippen molar-refractivity contribution < 1.29 is 18.7 Å². The van der Waals surface area contributed by atoms with Gasteiger partial charge in [0, 0.05) is 32.8 Å². The van der Waals surface area contributed by atoms with E-state index in [0.717, 1.165) is 44.9 Å². The SMILES string of the molecule is CC(C)=CCO[C@@H]1COCC[C@H]1NC(=O)c1ccc(CN2CCN(C)CC2)o1. The van der Waals surface area contributed by atoms with E-state index in [1.807, 2.05) is 26.0 Å². The van der Waals surface area contributed by atoms with E-state index in [0.29, 0.717) is 25.6 Å². The summed E-state index contributed by atoms with van der Waals surface area (Å²) in [6.45, 7) is 10.6. The minimum Gasteiger partial charge on any atom is -0.455 e. The van der Waals surface area contributed by atoms with Crippen molar-refractivity contribution in [2.75, 3.05) is 53.0 Å². The maximum absolute atomic E-state index is 12.7. The highest BCUT2D eigenvalue weighted by atomic mass is 16.5. The summed E-state index contributed by atoms with van der Waals surface area (Å²) in [7, 11) is 2.14. The van der Waals surface area contributed by atoms with Crippen molar-refractivity contribution >= 4 is 5.91 Å². The van der Waals surface area contributed by atoms with Crippen molar-refractivity contribution in [3.05, 3.63) is 35.3 Å². The predicted octanol–water partition coefficient (Wildman–Crippen LogP) is 1.90. The number of hydrogen-bond donors (Lipinski definition) is 1. The number of likely N-dealkylation sites (N-methyl/N-ethyl adjacent to an activating group) is 1. The average molecular weight is 392 g/mol. The minimum atomic E-state index is -0.188. The van der Waals surface area contributed by atoms with Gasteiger partial charge in [-0.2, -0.15) is 0 Å². The van der Waals surface area contributed by atoms with Gasteiger partial charge < -0.3 is 24.1 Å². The van der Waals surface area contributed by atoms with Crippen LogP contribution in [-0.4, -0.2) is 80.9 Å². The molecule has 0 aromatic carbocycles. The largest absolute Gasteiger partial charge is 0.455 e. The van der Waals surface area contributed by atoms with Gasteiger partial charge >= 0.3 is 0 Å². The summed E-state index contributed by atoms with van der Waals surface area (Å²) in [6.07, 6.45) is 2.62. The molecule has 1 amide bonds. The van der Waals surface area contributed by atoms with Crippen LogP contribution < -0.4 is 5.32 Å². The van der Waals surface area contributed by atoms with Crippen molar-refractivity contribution in [2.45, 2.75) is 39.0 Å². The van der Waals surface area contributed by atoms with Gasteiger partial charge in [-0.25, -0.2) is 0 Å². The van der Waals surface area contributed by atoms with Crippen LogP contribution in [-0.2, 0) is 16.0 Å². The van der Waals surface area contributed by atoms with E-state index in [-0.39, 0.29) is 18.1 Å². The average Bonchev–Trinajstić information content (AvgIpc) is 3.13. The number of nitrogens with one attached hydrogen (secondary N) is 1. The third-order valence-electron chi connectivity index (χ3n) is 5.28. The van der Waals surface area contributed by atoms with Crippen LogP contribution in [0.25, 0.3) is 0 Å². The van der Waals surface area contributed by atoms with Gasteiger partial charge in [0.25, 0.3) is 5.91 Å². The number of carbonyl (C=O) groups excluding carboxylic acids is 1. The van der Waals surface area contributed by atoms with Gasteiger partial charge in [-0.05, 0) is 39.4 Å². The van der Waals surface area contributed by atoms with Crippen LogP contribution in [0, 0.1) is 0 Å². The highest BCUT2D eigenvalue weighted by Crippen LogP contribution is 2.15. The Balaban J connectivity index is 1.51. The van der Waals surface area contributed by atoms with Crippen LogP contribution in [0.1, 0.15) is 36.6 Å². The molecular weight excluding hydrogens is 358 g/mol. The number of rotatable bonds is 7. The van der Waals surface area contributed by atoms with Crippen molar-refractivity contribution in [1.29, 1.82) is 0 Å². The summed E-state index contributed by atoms with van der Waals surface area (Å²) >= 11 is 0. The molecule has 0 spiro atoms. The minimum absolute atomic E-state index is 0.0713. The Morgan fingerprint density at radius 3 is 2.82 bits per heavy atom. The first-order valence-corrected chi connectivity index (χ1v) is 10.1. The lowest BCUT2D eigenvalue weighted by Gasteiger charge is -2.32. The maximum Gasteiger partial charge on any atom is 0.287 e. The van der Waals surface area contributed by atoms with E-state index < -0.39 is 0 Å². The standard InChI is InChI=1S/C21H33N3O4/c1-16(2)6-13-27-20-15-26-12-7-18(20)22-21(25)19-5-4-17(28-19)14-24-10-8-23(3)9-11-24/h4-6,18,20H,7-15H2,1-3H3,(H,22,25)/t18-,20-/m1/s1. The third kappa shape index (κ3) is 6.17. The molecule has 1 N–H and O–H groups in total. The quantitative estimate of drug-likeness (QED) is 0.716. The predicted molar refractivity (Wildman–Crippen MR) is 107 cm³/mol. The molecule has 156 valence electrons. The number of carbonyl (C=O) groups is 1. The van der Waals surface area contributed by atoms with E-state index in [2.05, 4.69) is 22.2 Å². The summed E-state index contributed by atoms with van der Waals surface area (Å²) in [5.74, 6) is 1.00. The molecule has 3 rings (SSSR count). The number of ether oxygens (including phenoxy) is 2. The molecule has 0 aliphatic carbocycles. The molecule has 7 nitrogen and oxygen atoms in total. The molecule has 0 bridgehead atoms. The van der Waals surface area contributed by atoms with Gasteiger partial charge in [0.15, 0.2) is 5.76 Å². The van der Waals surface area contributed by atoms with Crippen molar-refractivity contribution in [3.8, 4) is 0 Å². The summed E-state index contributed by atoms with van der Waals surface area (Å²) in [4.78, 5) is 17.3. The van der Waals surface area contributed by atoms with Gasteiger partial charge in [0.1, 0.15) is 11.9 Å². The molecule has 2 aliphatic rings. The lowest BCUT2D eigenvalue weighted by atomic mass is 10.1. The first kappa shape index (κ1) is 21.0. The lowest BCUT2D eigenvalue weighted by Crippen LogP contribution is -2.50. The Hall–Kier alpha value is -1.67. The highest BCUT2D eigenvalue weighted by molar-refractivity contribution is 5.91. The van der Waals surface area contributed by atoms with E-state index in [4.69, 9.17) is 13.9 Å². The van der Waals surface area contributed by atoms with Crippen LogP contribution in [0.4, 0.5) is 0 Å². The maximum atomic E-state index is 12.7. The molecule has 2 atom stereocenters. The van der Waals surface area contributed by atoms with Gasteiger partial charge in [0.05, 0.1) is 25.8 Å². The summed E-state index contributed by atoms with van der Waals surface area (Å²) in [5, 5.41) is 3.07. The first-order chi connectivity index (χ1) is 13.5. The second-order valence-corrected chi connectivity index (χ2v) is 7.94. The summed E-state index contributed by atoms with van der Waals surface area (Å²) in [5.41, 5.74) is 1.21. The van der Waals surface area contributed by atoms with Gasteiger partial charge in [0.2, 0.25) is 0 Å². The van der Waals surface area contributed by atoms with Gasteiger partial charge in [-0.15, -0.1) is 0 Å². The Morgan fingerprint density at radius 2 is 2.07 bits per heavy atom. The topological polar surface area (TPSA) is 67.2 Å². The van der Waals surface area contributed by atoms with E-state index in [9.17, 15) is 4.79 Å². The molecule has 7 heteroatoms. The number of nitrogens with zero attached hydrogens (tertiary/aromatic N) is 2. The zero-order valence-corrected chi connectivity index (χ0v) is 17.3. The molecule has 0 saturated carbocycles. The second-order valence-electron chi connectivity index (χ2n) is 7.94. The number of piperazine rings is 1. The fourth-order valence-electron chi connectivity index (χ4n) is 3.43. The van der Waals surface area contributed by atoms with E-state index >= 15 is 0 Å². The molecule has 3 heterocycles. The Labute approximate surface area is 167 Å². The molecule has 1 aromatic heterocycles. The first-order valence-electron chi connectivity index (χ1n) is 10.1. The third-order valence-corrected chi connectivity index (χ3v) is 5.28. The van der Waals surface area contributed by atoms with Crippen LogP contribution in [0.2, 0.25) is 0 Å². The molecule has 0 radical (unpaired) electrons. The molecule has 2 aliphatic heterocycles. The van der Waals surface area contributed by atoms with Crippen LogP contribution in [0.3, 0.4) is 0 Å². The van der Waals surface area contributed by atoms with Crippen LogP contribution in [0.5, 0.6) is 0 Å². The summed E-state index contributed by atoms with van der Waals surface area (Å²) < 4.78 is 17.2. The highest BCUT2D eigenvalue weighted by Gasteiger charge is 2.29. The Bertz CT molecular complexity index is 660. The molecule has 28 heavy (non-hydrogen) atoms. The summed E-state index contributed by atoms with van der Waals surface area (Å²) in [6, 6.07) is 3.59. The van der Waals surface area contributed by atoms with Crippen molar-refractivity contribution in [2.24, 2.45) is 0 Å². The number of amides is 1. The van der Waals surface area contributed by atoms with Gasteiger partial charge in [-0.3, -0.25) is 9.69 Å². The number of allylic oxidation sites excluding steroid dienone is 1. The lowest BCUT2D eigenvalue weighted by molar-refractivity contribution is -0.0590. The zero-order chi connectivity index (χ0) is 19.9. The molecule has 1 aromatic rings. The molecule has 2 fully saturated rings. The van der Waals surface area contributed by atoms with Crippen molar-refractivity contribution in [1.82, 2.24) is 15.1 Å². The number of furan rings is 1. The fraction of sp³-hybridized carbons (Fsp3) is 0.667. The fourth-order valence-corrected chi connectivity index (χ4v) is 3.43. The normalized spacial score (nSPS) is 24.1. The molecular formula is C21H33N3O4. The second kappa shape index (κ2) is 10.2. The smallest absolute Gasteiger partial charge is 0.287 e.